The van der Waals surface area contributed by atoms with Gasteiger partial charge in [0.25, 0.3) is 0 Å². The van der Waals surface area contributed by atoms with Gasteiger partial charge in [-0.3, -0.25) is 9.59 Å². The van der Waals surface area contributed by atoms with Crippen LogP contribution in [0.25, 0.3) is 0 Å². The highest BCUT2D eigenvalue weighted by molar-refractivity contribution is 8.14. The van der Waals surface area contributed by atoms with Gasteiger partial charge >= 0.3 is 5.97 Å². The zero-order valence-electron chi connectivity index (χ0n) is 9.66. The predicted octanol–water partition coefficient (Wildman–Crippen LogP) is 2.94. The van der Waals surface area contributed by atoms with Crippen LogP contribution in [0, 0.1) is 5.92 Å². The molecule has 0 saturated heterocycles. The molecule has 4 heteroatoms. The van der Waals surface area contributed by atoms with E-state index in [1.54, 1.807) is 13.8 Å². The van der Waals surface area contributed by atoms with Crippen molar-refractivity contribution in [1.82, 2.24) is 0 Å². The Morgan fingerprint density at radius 3 is 2.27 bits per heavy atom. The summed E-state index contributed by atoms with van der Waals surface area (Å²) in [4.78, 5) is 21.6. The van der Waals surface area contributed by atoms with E-state index in [0.29, 0.717) is 6.42 Å². The maximum absolute atomic E-state index is 11.0. The Morgan fingerprint density at radius 2 is 1.87 bits per heavy atom. The van der Waals surface area contributed by atoms with Gasteiger partial charge in [-0.1, -0.05) is 32.0 Å². The summed E-state index contributed by atoms with van der Waals surface area (Å²) >= 11 is 1.35. The van der Waals surface area contributed by atoms with Crippen LogP contribution in [0.1, 0.15) is 46.5 Å². The number of hydrogen-bond donors (Lipinski definition) is 1. The summed E-state index contributed by atoms with van der Waals surface area (Å²) in [6.45, 7) is 5.35. The zero-order valence-corrected chi connectivity index (χ0v) is 10.5. The molecule has 0 fully saturated rings. The van der Waals surface area contributed by atoms with E-state index < -0.39 is 5.97 Å². The van der Waals surface area contributed by atoms with Crippen molar-refractivity contribution in [3.8, 4) is 0 Å². The largest absolute Gasteiger partial charge is 0.481 e. The summed E-state index contributed by atoms with van der Waals surface area (Å²) in [6.07, 6.45) is 3.48. The molecule has 88 valence electrons. The second-order valence-electron chi connectivity index (χ2n) is 3.84. The number of rotatable bonds is 7. The number of carboxylic acid groups (broad SMARTS) is 1. The molecule has 3 nitrogen and oxygen atoms in total. The van der Waals surface area contributed by atoms with Gasteiger partial charge < -0.3 is 5.11 Å². The average Bonchev–Trinajstić information content (AvgIpc) is 2.13. The molecule has 2 atom stereocenters. The Labute approximate surface area is 95.6 Å². The van der Waals surface area contributed by atoms with E-state index >= 15 is 0 Å². The number of carbonyl (C=O) groups is 2. The van der Waals surface area contributed by atoms with Crippen molar-refractivity contribution in [2.45, 2.75) is 51.7 Å². The van der Waals surface area contributed by atoms with Crippen LogP contribution in [0.4, 0.5) is 0 Å². The second-order valence-corrected chi connectivity index (χ2v) is 5.31. The van der Waals surface area contributed by atoms with Crippen LogP contribution in [0.5, 0.6) is 0 Å². The number of carbonyl (C=O) groups excluding carboxylic acids is 1. The lowest BCUT2D eigenvalue weighted by molar-refractivity contribution is -0.141. The normalized spacial score (nSPS) is 14.6. The molecule has 0 amide bonds. The SMILES string of the molecule is CCCC(CCC(C)C(=O)O)SC(C)=O. The molecule has 1 N–H and O–H groups in total. The van der Waals surface area contributed by atoms with Crippen molar-refractivity contribution in [3.05, 3.63) is 0 Å². The standard InChI is InChI=1S/C11H20O3S/c1-4-5-10(15-9(3)12)7-6-8(2)11(13)14/h8,10H,4-7H2,1-3H3,(H,13,14). The number of thioether (sulfide) groups is 1. The first-order valence-corrected chi connectivity index (χ1v) is 6.25. The Balaban J connectivity index is 3.94. The molecule has 0 aliphatic rings. The van der Waals surface area contributed by atoms with Crippen molar-refractivity contribution >= 4 is 22.8 Å². The van der Waals surface area contributed by atoms with E-state index in [2.05, 4.69) is 6.92 Å². The minimum absolute atomic E-state index is 0.122. The molecule has 0 aliphatic heterocycles. The molecule has 0 aliphatic carbocycles. The Morgan fingerprint density at radius 1 is 1.27 bits per heavy atom. The van der Waals surface area contributed by atoms with Gasteiger partial charge in [0, 0.05) is 12.2 Å². The quantitative estimate of drug-likeness (QED) is 0.733. The van der Waals surface area contributed by atoms with Gasteiger partial charge in [0.1, 0.15) is 0 Å². The molecular weight excluding hydrogens is 212 g/mol. The average molecular weight is 232 g/mol. The van der Waals surface area contributed by atoms with Crippen LogP contribution in [-0.2, 0) is 9.59 Å². The molecule has 15 heavy (non-hydrogen) atoms. The fourth-order valence-corrected chi connectivity index (χ4v) is 2.46. The third-order valence-corrected chi connectivity index (χ3v) is 3.42. The van der Waals surface area contributed by atoms with Crippen LogP contribution in [0.15, 0.2) is 0 Å². The van der Waals surface area contributed by atoms with Gasteiger partial charge in [-0.2, -0.15) is 0 Å². The second kappa shape index (κ2) is 7.74. The molecule has 0 heterocycles. The van der Waals surface area contributed by atoms with E-state index in [-0.39, 0.29) is 16.3 Å². The lowest BCUT2D eigenvalue weighted by Crippen LogP contribution is -2.13. The summed E-state index contributed by atoms with van der Waals surface area (Å²) in [7, 11) is 0. The van der Waals surface area contributed by atoms with Gasteiger partial charge in [-0.15, -0.1) is 0 Å². The van der Waals surface area contributed by atoms with Gasteiger partial charge in [-0.05, 0) is 19.3 Å². The first-order valence-electron chi connectivity index (χ1n) is 5.37. The zero-order chi connectivity index (χ0) is 11.8. The van der Waals surface area contributed by atoms with E-state index in [1.807, 2.05) is 0 Å². The van der Waals surface area contributed by atoms with Gasteiger partial charge in [0.2, 0.25) is 0 Å². The van der Waals surface area contributed by atoms with Crippen LogP contribution >= 0.6 is 11.8 Å². The van der Waals surface area contributed by atoms with Crippen molar-refractivity contribution in [2.75, 3.05) is 0 Å². The van der Waals surface area contributed by atoms with E-state index in [0.717, 1.165) is 19.3 Å². The number of carboxylic acids is 1. The third-order valence-electron chi connectivity index (χ3n) is 2.29. The molecular formula is C11H20O3S. The van der Waals surface area contributed by atoms with Crippen LogP contribution in [0.2, 0.25) is 0 Å². The summed E-state index contributed by atoms with van der Waals surface area (Å²) in [5.74, 6) is -1.06. The Hall–Kier alpha value is -0.510. The maximum atomic E-state index is 11.0. The summed E-state index contributed by atoms with van der Waals surface area (Å²) in [5.41, 5.74) is 0. The molecule has 0 bridgehead atoms. The molecule has 0 radical (unpaired) electrons. The highest BCUT2D eigenvalue weighted by Crippen LogP contribution is 2.23. The van der Waals surface area contributed by atoms with E-state index in [9.17, 15) is 9.59 Å². The Kier molecular flexibility index (Phi) is 7.48. The predicted molar refractivity (Wildman–Crippen MR) is 63.0 cm³/mol. The highest BCUT2D eigenvalue weighted by atomic mass is 32.2. The lowest BCUT2D eigenvalue weighted by Gasteiger charge is -2.15. The van der Waals surface area contributed by atoms with Crippen LogP contribution in [0.3, 0.4) is 0 Å². The molecule has 0 aromatic carbocycles. The maximum Gasteiger partial charge on any atom is 0.306 e. The van der Waals surface area contributed by atoms with Gasteiger partial charge in [0.05, 0.1) is 5.92 Å². The molecule has 0 rings (SSSR count). The van der Waals surface area contributed by atoms with Crippen molar-refractivity contribution < 1.29 is 14.7 Å². The summed E-state index contributed by atoms with van der Waals surface area (Å²) < 4.78 is 0. The first kappa shape index (κ1) is 14.5. The van der Waals surface area contributed by atoms with Crippen LogP contribution < -0.4 is 0 Å². The topological polar surface area (TPSA) is 54.4 Å². The van der Waals surface area contributed by atoms with Crippen molar-refractivity contribution in [2.24, 2.45) is 5.92 Å². The highest BCUT2D eigenvalue weighted by Gasteiger charge is 2.16. The molecule has 0 spiro atoms. The fraction of sp³-hybridized carbons (Fsp3) is 0.818. The first-order chi connectivity index (χ1) is 6.97. The molecule has 2 unspecified atom stereocenters. The molecule has 0 aromatic rings. The number of hydrogen-bond acceptors (Lipinski definition) is 3. The lowest BCUT2D eigenvalue weighted by atomic mass is 10.0. The van der Waals surface area contributed by atoms with E-state index in [4.69, 9.17) is 5.11 Å². The smallest absolute Gasteiger partial charge is 0.306 e. The summed E-state index contributed by atoms with van der Waals surface area (Å²) in [5, 5.41) is 9.14. The summed E-state index contributed by atoms with van der Waals surface area (Å²) in [6, 6.07) is 0. The molecule has 0 aromatic heterocycles. The monoisotopic (exact) mass is 232 g/mol. The molecule has 0 saturated carbocycles. The van der Waals surface area contributed by atoms with Crippen LogP contribution in [-0.4, -0.2) is 21.4 Å². The van der Waals surface area contributed by atoms with Gasteiger partial charge in [0.15, 0.2) is 5.12 Å². The van der Waals surface area contributed by atoms with Crippen molar-refractivity contribution in [3.63, 3.8) is 0 Å². The van der Waals surface area contributed by atoms with Gasteiger partial charge in [-0.25, -0.2) is 0 Å². The minimum atomic E-state index is -0.752. The Bertz CT molecular complexity index is 216. The third kappa shape index (κ3) is 7.42. The van der Waals surface area contributed by atoms with Crippen molar-refractivity contribution in [1.29, 1.82) is 0 Å². The minimum Gasteiger partial charge on any atom is -0.481 e. The van der Waals surface area contributed by atoms with E-state index in [1.165, 1.54) is 11.8 Å². The fourth-order valence-electron chi connectivity index (χ4n) is 1.38. The number of aliphatic carboxylic acids is 1.